The van der Waals surface area contributed by atoms with E-state index in [1.807, 2.05) is 6.07 Å². The Hall–Kier alpha value is -1.26. The maximum Gasteiger partial charge on any atom is 0.303 e. The minimum atomic E-state index is -0.845. The standard InChI is InChI=1S/C14H18ClNO3/c15-11-5-10(13(16)3-4-14(17)18)6-12(7-11)19-8-9-1-2-9/h5-7,9,13H,1-4,8,16H2,(H,17,18). The normalized spacial score (nSPS) is 16.1. The number of hydrogen-bond donors (Lipinski definition) is 2. The summed E-state index contributed by atoms with van der Waals surface area (Å²) in [7, 11) is 0. The van der Waals surface area contributed by atoms with Gasteiger partial charge >= 0.3 is 5.97 Å². The van der Waals surface area contributed by atoms with Crippen molar-refractivity contribution in [2.45, 2.75) is 31.7 Å². The SMILES string of the molecule is NC(CCC(=O)O)c1cc(Cl)cc(OCC2CC2)c1. The van der Waals surface area contributed by atoms with Crippen molar-refractivity contribution < 1.29 is 14.6 Å². The van der Waals surface area contributed by atoms with Crippen LogP contribution in [0.1, 0.15) is 37.3 Å². The fourth-order valence-corrected chi connectivity index (χ4v) is 2.06. The number of ether oxygens (including phenoxy) is 1. The Labute approximate surface area is 117 Å². The molecule has 1 fully saturated rings. The van der Waals surface area contributed by atoms with Gasteiger partial charge in [0.15, 0.2) is 0 Å². The van der Waals surface area contributed by atoms with Crippen LogP contribution < -0.4 is 10.5 Å². The van der Waals surface area contributed by atoms with E-state index in [1.165, 1.54) is 12.8 Å². The molecule has 1 atom stereocenters. The minimum Gasteiger partial charge on any atom is -0.493 e. The summed E-state index contributed by atoms with van der Waals surface area (Å²) in [6.07, 6.45) is 2.89. The molecule has 1 saturated carbocycles. The van der Waals surface area contributed by atoms with E-state index in [-0.39, 0.29) is 12.5 Å². The molecule has 1 unspecified atom stereocenters. The highest BCUT2D eigenvalue weighted by atomic mass is 35.5. The Bertz CT molecular complexity index is 460. The molecule has 0 spiro atoms. The maximum atomic E-state index is 10.5. The lowest BCUT2D eigenvalue weighted by Crippen LogP contribution is -2.12. The number of halogens is 1. The molecule has 104 valence electrons. The van der Waals surface area contributed by atoms with Gasteiger partial charge in [-0.2, -0.15) is 0 Å². The van der Waals surface area contributed by atoms with Gasteiger partial charge in [-0.05, 0) is 48.9 Å². The quantitative estimate of drug-likeness (QED) is 0.807. The Balaban J connectivity index is 1.99. The molecule has 1 aliphatic carbocycles. The Morgan fingerprint density at radius 1 is 1.47 bits per heavy atom. The number of benzene rings is 1. The zero-order valence-electron chi connectivity index (χ0n) is 10.6. The average Bonchev–Trinajstić information content (AvgIpc) is 3.16. The van der Waals surface area contributed by atoms with Gasteiger partial charge in [-0.15, -0.1) is 0 Å². The van der Waals surface area contributed by atoms with Crippen LogP contribution in [0, 0.1) is 5.92 Å². The van der Waals surface area contributed by atoms with Crippen molar-refractivity contribution in [3.8, 4) is 5.75 Å². The van der Waals surface area contributed by atoms with Crippen molar-refractivity contribution in [2.75, 3.05) is 6.61 Å². The first-order chi connectivity index (χ1) is 9.04. The van der Waals surface area contributed by atoms with E-state index in [2.05, 4.69) is 0 Å². The fraction of sp³-hybridized carbons (Fsp3) is 0.500. The molecule has 19 heavy (non-hydrogen) atoms. The summed E-state index contributed by atoms with van der Waals surface area (Å²) in [5.74, 6) is 0.533. The van der Waals surface area contributed by atoms with Crippen molar-refractivity contribution >= 4 is 17.6 Å². The number of carbonyl (C=O) groups is 1. The molecule has 0 aliphatic heterocycles. The molecule has 0 aromatic heterocycles. The van der Waals surface area contributed by atoms with Crippen LogP contribution in [0.25, 0.3) is 0 Å². The van der Waals surface area contributed by atoms with Crippen LogP contribution in [0.2, 0.25) is 5.02 Å². The molecule has 5 heteroatoms. The molecule has 3 N–H and O–H groups in total. The first-order valence-electron chi connectivity index (χ1n) is 6.45. The second-order valence-corrected chi connectivity index (χ2v) is 5.45. The Morgan fingerprint density at radius 2 is 2.21 bits per heavy atom. The minimum absolute atomic E-state index is 0.0476. The molecule has 0 saturated heterocycles. The zero-order valence-corrected chi connectivity index (χ0v) is 11.4. The first kappa shape index (κ1) is 14.2. The van der Waals surface area contributed by atoms with Gasteiger partial charge in [-0.3, -0.25) is 4.79 Å². The Morgan fingerprint density at radius 3 is 2.84 bits per heavy atom. The lowest BCUT2D eigenvalue weighted by molar-refractivity contribution is -0.137. The average molecular weight is 284 g/mol. The third-order valence-corrected chi connectivity index (χ3v) is 3.39. The molecular formula is C14H18ClNO3. The molecule has 0 heterocycles. The van der Waals surface area contributed by atoms with E-state index in [4.69, 9.17) is 27.2 Å². The third-order valence-electron chi connectivity index (χ3n) is 3.17. The van der Waals surface area contributed by atoms with Crippen LogP contribution in [0.5, 0.6) is 5.75 Å². The molecular weight excluding hydrogens is 266 g/mol. The van der Waals surface area contributed by atoms with Gasteiger partial charge in [0.05, 0.1) is 6.61 Å². The largest absolute Gasteiger partial charge is 0.493 e. The van der Waals surface area contributed by atoms with Crippen LogP contribution in [0.15, 0.2) is 18.2 Å². The number of aliphatic carboxylic acids is 1. The van der Waals surface area contributed by atoms with E-state index in [1.54, 1.807) is 12.1 Å². The first-order valence-corrected chi connectivity index (χ1v) is 6.83. The second kappa shape index (κ2) is 6.26. The monoisotopic (exact) mass is 283 g/mol. The number of hydrogen-bond acceptors (Lipinski definition) is 3. The summed E-state index contributed by atoms with van der Waals surface area (Å²) in [4.78, 5) is 10.5. The topological polar surface area (TPSA) is 72.6 Å². The van der Waals surface area contributed by atoms with Gasteiger partial charge in [-0.1, -0.05) is 11.6 Å². The van der Waals surface area contributed by atoms with E-state index in [0.29, 0.717) is 29.7 Å². The number of nitrogens with two attached hydrogens (primary N) is 1. The lowest BCUT2D eigenvalue weighted by atomic mass is 10.0. The molecule has 0 bridgehead atoms. The van der Waals surface area contributed by atoms with Crippen LogP contribution in [0.3, 0.4) is 0 Å². The van der Waals surface area contributed by atoms with Crippen molar-refractivity contribution in [3.05, 3.63) is 28.8 Å². The van der Waals surface area contributed by atoms with E-state index < -0.39 is 5.97 Å². The summed E-state index contributed by atoms with van der Waals surface area (Å²) < 4.78 is 5.67. The van der Waals surface area contributed by atoms with Crippen molar-refractivity contribution in [2.24, 2.45) is 11.7 Å². The summed E-state index contributed by atoms with van der Waals surface area (Å²) in [6.45, 7) is 0.712. The smallest absolute Gasteiger partial charge is 0.303 e. The van der Waals surface area contributed by atoms with Crippen LogP contribution in [-0.2, 0) is 4.79 Å². The van der Waals surface area contributed by atoms with Crippen molar-refractivity contribution in [1.82, 2.24) is 0 Å². The van der Waals surface area contributed by atoms with Crippen LogP contribution in [-0.4, -0.2) is 17.7 Å². The van der Waals surface area contributed by atoms with Gasteiger partial charge in [0.2, 0.25) is 0 Å². The summed E-state index contributed by atoms with van der Waals surface area (Å²) in [5, 5.41) is 9.23. The molecule has 0 radical (unpaired) electrons. The lowest BCUT2D eigenvalue weighted by Gasteiger charge is -2.13. The van der Waals surface area contributed by atoms with E-state index >= 15 is 0 Å². The molecule has 4 nitrogen and oxygen atoms in total. The highest BCUT2D eigenvalue weighted by Gasteiger charge is 2.22. The molecule has 1 aromatic carbocycles. The van der Waals surface area contributed by atoms with Crippen LogP contribution in [0.4, 0.5) is 0 Å². The van der Waals surface area contributed by atoms with Crippen molar-refractivity contribution in [1.29, 1.82) is 0 Å². The fourth-order valence-electron chi connectivity index (χ4n) is 1.83. The molecule has 1 aliphatic rings. The van der Waals surface area contributed by atoms with Gasteiger partial charge in [0, 0.05) is 17.5 Å². The van der Waals surface area contributed by atoms with Gasteiger partial charge in [-0.25, -0.2) is 0 Å². The summed E-state index contributed by atoms with van der Waals surface area (Å²) in [6, 6.07) is 5.04. The number of rotatable bonds is 7. The van der Waals surface area contributed by atoms with Gasteiger partial charge in [0.1, 0.15) is 5.75 Å². The number of carboxylic acids is 1. The van der Waals surface area contributed by atoms with E-state index in [9.17, 15) is 4.79 Å². The highest BCUT2D eigenvalue weighted by Crippen LogP contribution is 2.31. The molecule has 1 aromatic rings. The van der Waals surface area contributed by atoms with Gasteiger partial charge in [0.25, 0.3) is 0 Å². The highest BCUT2D eigenvalue weighted by molar-refractivity contribution is 6.30. The third kappa shape index (κ3) is 4.73. The number of carboxylic acid groups (broad SMARTS) is 1. The maximum absolute atomic E-state index is 10.5. The zero-order chi connectivity index (χ0) is 13.8. The van der Waals surface area contributed by atoms with Crippen LogP contribution >= 0.6 is 11.6 Å². The molecule has 0 amide bonds. The molecule has 2 rings (SSSR count). The second-order valence-electron chi connectivity index (χ2n) is 5.01. The predicted octanol–water partition coefficient (Wildman–Crippen LogP) is 2.99. The Kier molecular flexibility index (Phi) is 4.66. The summed E-state index contributed by atoms with van der Waals surface area (Å²) >= 11 is 6.04. The predicted molar refractivity (Wildman–Crippen MR) is 73.5 cm³/mol. The summed E-state index contributed by atoms with van der Waals surface area (Å²) in [5.41, 5.74) is 6.79. The van der Waals surface area contributed by atoms with E-state index in [0.717, 1.165) is 5.56 Å². The van der Waals surface area contributed by atoms with Crippen molar-refractivity contribution in [3.63, 3.8) is 0 Å². The van der Waals surface area contributed by atoms with Gasteiger partial charge < -0.3 is 15.6 Å².